The first-order valence-electron chi connectivity index (χ1n) is 9.66. The molecule has 1 heterocycles. The lowest BCUT2D eigenvalue weighted by Crippen LogP contribution is -2.36. The molecule has 1 aliphatic heterocycles. The van der Waals surface area contributed by atoms with Crippen LogP contribution in [0.15, 0.2) is 59.6 Å². The van der Waals surface area contributed by atoms with E-state index in [0.717, 1.165) is 15.4 Å². The van der Waals surface area contributed by atoms with Gasteiger partial charge in [0.05, 0.1) is 11.1 Å². The van der Waals surface area contributed by atoms with Gasteiger partial charge in [0.15, 0.2) is 0 Å². The molecule has 2 aromatic rings. The fourth-order valence-electron chi connectivity index (χ4n) is 2.89. The molecule has 0 aromatic heterocycles. The SMILES string of the molecule is CC(C)(C)OC(=O)C(C)(C)Sc1ccc(C=CN2C(=O)c3ccccc3C2=O)cc1. The molecule has 0 bridgehead atoms. The van der Waals surface area contributed by atoms with Crippen molar-refractivity contribution in [3.63, 3.8) is 0 Å². The van der Waals surface area contributed by atoms with Crippen molar-refractivity contribution in [3.8, 4) is 0 Å². The van der Waals surface area contributed by atoms with Crippen molar-refractivity contribution in [1.82, 2.24) is 4.90 Å². The second kappa shape index (κ2) is 8.11. The molecule has 3 rings (SSSR count). The lowest BCUT2D eigenvalue weighted by Gasteiger charge is -2.28. The fraction of sp³-hybridized carbons (Fsp3) is 0.292. The smallest absolute Gasteiger partial charge is 0.322 e. The maximum Gasteiger partial charge on any atom is 0.322 e. The molecule has 1 aliphatic rings. The van der Waals surface area contributed by atoms with Crippen molar-refractivity contribution >= 4 is 35.6 Å². The number of hydrogen-bond acceptors (Lipinski definition) is 5. The van der Waals surface area contributed by atoms with Crippen LogP contribution in [-0.2, 0) is 9.53 Å². The molecule has 5 nitrogen and oxygen atoms in total. The van der Waals surface area contributed by atoms with Crippen LogP contribution in [0.1, 0.15) is 60.9 Å². The van der Waals surface area contributed by atoms with Crippen molar-refractivity contribution in [2.45, 2.75) is 49.9 Å². The van der Waals surface area contributed by atoms with Crippen LogP contribution in [0.3, 0.4) is 0 Å². The van der Waals surface area contributed by atoms with E-state index >= 15 is 0 Å². The van der Waals surface area contributed by atoms with E-state index in [9.17, 15) is 14.4 Å². The van der Waals surface area contributed by atoms with Crippen molar-refractivity contribution in [2.24, 2.45) is 0 Å². The van der Waals surface area contributed by atoms with Gasteiger partial charge in [0.2, 0.25) is 0 Å². The van der Waals surface area contributed by atoms with E-state index in [2.05, 4.69) is 0 Å². The van der Waals surface area contributed by atoms with Crippen LogP contribution in [0, 0.1) is 0 Å². The number of hydrogen-bond donors (Lipinski definition) is 0. The average molecular weight is 424 g/mol. The summed E-state index contributed by atoms with van der Waals surface area (Å²) in [4.78, 5) is 39.3. The molecule has 0 fully saturated rings. The minimum atomic E-state index is -0.731. The minimum absolute atomic E-state index is 0.269. The molecule has 30 heavy (non-hydrogen) atoms. The van der Waals surface area contributed by atoms with E-state index in [0.29, 0.717) is 11.1 Å². The van der Waals surface area contributed by atoms with Gasteiger partial charge in [0, 0.05) is 11.1 Å². The Labute approximate surface area is 181 Å². The Morgan fingerprint density at radius 1 is 0.900 bits per heavy atom. The van der Waals surface area contributed by atoms with E-state index in [1.807, 2.05) is 58.9 Å². The average Bonchev–Trinajstić information content (AvgIpc) is 2.90. The first kappa shape index (κ1) is 21.8. The summed E-state index contributed by atoms with van der Waals surface area (Å²) >= 11 is 1.42. The number of fused-ring (bicyclic) bond motifs is 1. The third-order valence-electron chi connectivity index (χ3n) is 4.39. The summed E-state index contributed by atoms with van der Waals surface area (Å²) in [5, 5.41) is 0. The van der Waals surface area contributed by atoms with E-state index in [1.54, 1.807) is 30.3 Å². The van der Waals surface area contributed by atoms with Gasteiger partial charge in [0.25, 0.3) is 11.8 Å². The lowest BCUT2D eigenvalue weighted by molar-refractivity contribution is -0.156. The van der Waals surface area contributed by atoms with Crippen molar-refractivity contribution < 1.29 is 19.1 Å². The van der Waals surface area contributed by atoms with E-state index in [4.69, 9.17) is 4.74 Å². The van der Waals surface area contributed by atoms with Gasteiger partial charge in [-0.3, -0.25) is 14.4 Å². The van der Waals surface area contributed by atoms with Gasteiger partial charge in [-0.2, -0.15) is 0 Å². The standard InChI is InChI=1S/C24H25NO4S/c1-23(2,3)29-22(28)24(4,5)30-17-12-10-16(11-13-17)14-15-25-20(26)18-8-6-7-9-19(18)21(25)27/h6-15H,1-5H3. The van der Waals surface area contributed by atoms with Crippen LogP contribution >= 0.6 is 11.8 Å². The monoisotopic (exact) mass is 423 g/mol. The van der Waals surface area contributed by atoms with Crippen LogP contribution in [0.2, 0.25) is 0 Å². The highest BCUT2D eigenvalue weighted by Crippen LogP contribution is 2.34. The summed E-state index contributed by atoms with van der Waals surface area (Å²) in [6, 6.07) is 14.4. The zero-order valence-electron chi connectivity index (χ0n) is 17.8. The number of carbonyl (C=O) groups excluding carboxylic acids is 3. The third-order valence-corrected chi connectivity index (χ3v) is 5.57. The molecule has 2 aromatic carbocycles. The summed E-state index contributed by atoms with van der Waals surface area (Å²) in [6.45, 7) is 9.22. The summed E-state index contributed by atoms with van der Waals surface area (Å²) in [6.07, 6.45) is 3.21. The lowest BCUT2D eigenvalue weighted by atomic mass is 10.1. The zero-order valence-corrected chi connectivity index (χ0v) is 18.6. The van der Waals surface area contributed by atoms with Crippen molar-refractivity contribution in [3.05, 3.63) is 71.4 Å². The summed E-state index contributed by atoms with van der Waals surface area (Å²) in [5.74, 6) is -0.911. The Bertz CT molecular complexity index is 981. The highest BCUT2D eigenvalue weighted by molar-refractivity contribution is 8.01. The number of thioether (sulfide) groups is 1. The van der Waals surface area contributed by atoms with Gasteiger partial charge < -0.3 is 4.74 Å². The largest absolute Gasteiger partial charge is 0.459 e. The maximum atomic E-state index is 12.4. The molecule has 6 heteroatoms. The number of rotatable bonds is 5. The first-order valence-corrected chi connectivity index (χ1v) is 10.5. The second-order valence-corrected chi connectivity index (χ2v) is 10.2. The number of imide groups is 1. The predicted molar refractivity (Wildman–Crippen MR) is 118 cm³/mol. The fourth-order valence-corrected chi connectivity index (χ4v) is 3.87. The summed E-state index contributed by atoms with van der Waals surface area (Å²) in [5.41, 5.74) is 1.14. The second-order valence-electron chi connectivity index (χ2n) is 8.52. The van der Waals surface area contributed by atoms with Crippen LogP contribution in [0.5, 0.6) is 0 Å². The molecule has 0 saturated carbocycles. The van der Waals surface area contributed by atoms with Crippen LogP contribution in [-0.4, -0.2) is 33.0 Å². The third kappa shape index (κ3) is 4.82. The molecule has 2 amide bonds. The van der Waals surface area contributed by atoms with Gasteiger partial charge in [-0.1, -0.05) is 24.3 Å². The number of benzene rings is 2. The van der Waals surface area contributed by atoms with Crippen LogP contribution in [0.25, 0.3) is 6.08 Å². The molecule has 0 N–H and O–H groups in total. The molecular formula is C24H25NO4S. The van der Waals surface area contributed by atoms with E-state index in [-0.39, 0.29) is 17.8 Å². The molecule has 0 atom stereocenters. The minimum Gasteiger partial charge on any atom is -0.459 e. The number of amides is 2. The molecule has 0 unspecified atom stereocenters. The van der Waals surface area contributed by atoms with Gasteiger partial charge in [-0.25, -0.2) is 4.90 Å². The van der Waals surface area contributed by atoms with Gasteiger partial charge in [-0.15, -0.1) is 11.8 Å². The highest BCUT2D eigenvalue weighted by atomic mass is 32.2. The highest BCUT2D eigenvalue weighted by Gasteiger charge is 2.34. The molecule has 0 saturated heterocycles. The molecule has 0 radical (unpaired) electrons. The zero-order chi connectivity index (χ0) is 22.1. The van der Waals surface area contributed by atoms with Gasteiger partial charge in [0.1, 0.15) is 10.3 Å². The Morgan fingerprint density at radius 3 is 1.93 bits per heavy atom. The van der Waals surface area contributed by atoms with Gasteiger partial charge >= 0.3 is 5.97 Å². The topological polar surface area (TPSA) is 63.7 Å². The van der Waals surface area contributed by atoms with Crippen LogP contribution in [0.4, 0.5) is 0 Å². The van der Waals surface area contributed by atoms with E-state index < -0.39 is 10.3 Å². The Balaban J connectivity index is 1.67. The maximum absolute atomic E-state index is 12.4. The Morgan fingerprint density at radius 2 is 1.43 bits per heavy atom. The normalized spacial score (nSPS) is 14.4. The molecule has 0 aliphatic carbocycles. The van der Waals surface area contributed by atoms with Crippen molar-refractivity contribution in [1.29, 1.82) is 0 Å². The number of ether oxygens (including phenoxy) is 1. The van der Waals surface area contributed by atoms with E-state index in [1.165, 1.54) is 18.0 Å². The Hall–Kier alpha value is -2.86. The number of carbonyl (C=O) groups is 3. The predicted octanol–water partition coefficient (Wildman–Crippen LogP) is 5.17. The quantitative estimate of drug-likeness (QED) is 0.377. The molecule has 156 valence electrons. The molecular weight excluding hydrogens is 398 g/mol. The Kier molecular flexibility index (Phi) is 5.90. The molecule has 0 spiro atoms. The summed E-state index contributed by atoms with van der Waals surface area (Å²) in [7, 11) is 0. The first-order chi connectivity index (χ1) is 14.0. The summed E-state index contributed by atoms with van der Waals surface area (Å²) < 4.78 is 4.77. The number of nitrogens with zero attached hydrogens (tertiary/aromatic N) is 1. The van der Waals surface area contributed by atoms with Gasteiger partial charge in [-0.05, 0) is 70.5 Å². The van der Waals surface area contributed by atoms with Crippen LogP contribution < -0.4 is 0 Å². The number of esters is 1. The van der Waals surface area contributed by atoms with Crippen molar-refractivity contribution in [2.75, 3.05) is 0 Å².